The average molecular weight is 466 g/mol. The molecule has 0 spiro atoms. The van der Waals surface area contributed by atoms with Gasteiger partial charge in [0.05, 0.1) is 12.6 Å². The van der Waals surface area contributed by atoms with Crippen LogP contribution in [0.15, 0.2) is 29.3 Å². The molecule has 11 N–H and O–H groups in total. The number of aromatic hydroxyl groups is 1. The SMILES string of the molecule is CC(N)C(=O)NCC(=O)NC(Cc1ccc(O)cc1)C(=O)NC(CCCN=C(N)N)C(=O)O. The number of phenols is 1. The van der Waals surface area contributed by atoms with Gasteiger partial charge in [-0.25, -0.2) is 4.79 Å². The zero-order valence-electron chi connectivity index (χ0n) is 18.3. The smallest absolute Gasteiger partial charge is 0.326 e. The minimum atomic E-state index is -1.26. The minimum absolute atomic E-state index is 0.0133. The number of benzene rings is 1. The fourth-order valence-electron chi connectivity index (χ4n) is 2.68. The van der Waals surface area contributed by atoms with Crippen molar-refractivity contribution in [3.05, 3.63) is 29.8 Å². The Labute approximate surface area is 190 Å². The fourth-order valence-corrected chi connectivity index (χ4v) is 2.68. The number of aliphatic carboxylic acids is 1. The quantitative estimate of drug-likeness (QED) is 0.0872. The van der Waals surface area contributed by atoms with Crippen LogP contribution in [-0.2, 0) is 25.6 Å². The number of hydrogen-bond donors (Lipinski definition) is 8. The molecule has 0 fully saturated rings. The molecule has 0 radical (unpaired) electrons. The first-order valence-electron chi connectivity index (χ1n) is 10.2. The van der Waals surface area contributed by atoms with Crippen LogP contribution in [0.3, 0.4) is 0 Å². The molecule has 0 bridgehead atoms. The van der Waals surface area contributed by atoms with Crippen LogP contribution in [0.25, 0.3) is 0 Å². The second-order valence-corrected chi connectivity index (χ2v) is 7.35. The van der Waals surface area contributed by atoms with E-state index in [0.717, 1.165) is 0 Å². The van der Waals surface area contributed by atoms with Crippen LogP contribution in [0.2, 0.25) is 0 Å². The number of nitrogens with two attached hydrogens (primary N) is 3. The number of rotatable bonds is 13. The number of phenolic OH excluding ortho intramolecular Hbond substituents is 1. The van der Waals surface area contributed by atoms with Crippen molar-refractivity contribution in [1.82, 2.24) is 16.0 Å². The van der Waals surface area contributed by atoms with Gasteiger partial charge < -0.3 is 43.4 Å². The Morgan fingerprint density at radius 1 is 1.03 bits per heavy atom. The third-order valence-electron chi connectivity index (χ3n) is 4.42. The van der Waals surface area contributed by atoms with Gasteiger partial charge in [-0.05, 0) is 37.5 Å². The van der Waals surface area contributed by atoms with Gasteiger partial charge in [0, 0.05) is 13.0 Å². The first-order chi connectivity index (χ1) is 15.5. The summed E-state index contributed by atoms with van der Waals surface area (Å²) in [5.41, 5.74) is 16.5. The molecule has 1 aromatic rings. The summed E-state index contributed by atoms with van der Waals surface area (Å²) in [4.78, 5) is 52.0. The zero-order chi connectivity index (χ0) is 25.0. The largest absolute Gasteiger partial charge is 0.508 e. The molecule has 0 saturated carbocycles. The van der Waals surface area contributed by atoms with E-state index in [1.54, 1.807) is 12.1 Å². The lowest BCUT2D eigenvalue weighted by molar-refractivity contribution is -0.142. The second kappa shape index (κ2) is 13.5. The van der Waals surface area contributed by atoms with E-state index in [4.69, 9.17) is 17.2 Å². The number of hydrogen-bond acceptors (Lipinski definition) is 7. The second-order valence-electron chi connectivity index (χ2n) is 7.35. The van der Waals surface area contributed by atoms with E-state index in [9.17, 15) is 29.4 Å². The molecule has 1 rings (SSSR count). The Morgan fingerprint density at radius 2 is 1.67 bits per heavy atom. The average Bonchev–Trinajstić information content (AvgIpc) is 2.74. The monoisotopic (exact) mass is 465 g/mol. The van der Waals surface area contributed by atoms with E-state index >= 15 is 0 Å². The van der Waals surface area contributed by atoms with Crippen molar-refractivity contribution >= 4 is 29.7 Å². The molecule has 182 valence electrons. The van der Waals surface area contributed by atoms with E-state index in [-0.39, 0.29) is 31.1 Å². The number of carboxylic acids is 1. The number of guanidine groups is 1. The molecular weight excluding hydrogens is 434 g/mol. The topological polar surface area (TPSA) is 235 Å². The van der Waals surface area contributed by atoms with Crippen LogP contribution in [0, 0.1) is 0 Å². The number of amides is 3. The van der Waals surface area contributed by atoms with Gasteiger partial charge in [-0.1, -0.05) is 12.1 Å². The van der Waals surface area contributed by atoms with Gasteiger partial charge in [0.15, 0.2) is 5.96 Å². The summed E-state index contributed by atoms with van der Waals surface area (Å²) in [5, 5.41) is 26.1. The highest BCUT2D eigenvalue weighted by Crippen LogP contribution is 2.12. The predicted octanol–water partition coefficient (Wildman–Crippen LogP) is -2.49. The summed E-state index contributed by atoms with van der Waals surface area (Å²) in [6.07, 6.45) is 0.370. The molecule has 3 unspecified atom stereocenters. The van der Waals surface area contributed by atoms with Gasteiger partial charge in [-0.3, -0.25) is 19.4 Å². The predicted molar refractivity (Wildman–Crippen MR) is 120 cm³/mol. The van der Waals surface area contributed by atoms with Crippen molar-refractivity contribution in [1.29, 1.82) is 0 Å². The van der Waals surface area contributed by atoms with E-state index < -0.39 is 48.4 Å². The number of carbonyl (C=O) groups is 4. The summed E-state index contributed by atoms with van der Waals surface area (Å²) in [5.74, 6) is -3.30. The lowest BCUT2D eigenvalue weighted by atomic mass is 10.0. The fraction of sp³-hybridized carbons (Fsp3) is 0.450. The van der Waals surface area contributed by atoms with E-state index in [2.05, 4.69) is 20.9 Å². The molecule has 13 heteroatoms. The summed E-state index contributed by atoms with van der Waals surface area (Å²) < 4.78 is 0. The molecule has 1 aromatic carbocycles. The van der Waals surface area contributed by atoms with Crippen LogP contribution in [0.5, 0.6) is 5.75 Å². The lowest BCUT2D eigenvalue weighted by Gasteiger charge is -2.22. The molecule has 0 saturated heterocycles. The maximum Gasteiger partial charge on any atom is 0.326 e. The van der Waals surface area contributed by atoms with E-state index in [0.29, 0.717) is 12.0 Å². The Morgan fingerprint density at radius 3 is 2.21 bits per heavy atom. The maximum absolute atomic E-state index is 12.8. The third-order valence-corrected chi connectivity index (χ3v) is 4.42. The van der Waals surface area contributed by atoms with Crippen LogP contribution in [-0.4, -0.2) is 71.1 Å². The van der Waals surface area contributed by atoms with Crippen molar-refractivity contribution in [3.63, 3.8) is 0 Å². The molecule has 0 aliphatic rings. The summed E-state index contributed by atoms with van der Waals surface area (Å²) in [6, 6.07) is 2.76. The van der Waals surface area contributed by atoms with Gasteiger partial charge in [0.1, 0.15) is 17.8 Å². The van der Waals surface area contributed by atoms with Crippen LogP contribution >= 0.6 is 0 Å². The van der Waals surface area contributed by atoms with Gasteiger partial charge in [-0.15, -0.1) is 0 Å². The van der Waals surface area contributed by atoms with Crippen LogP contribution in [0.4, 0.5) is 0 Å². The number of carbonyl (C=O) groups excluding carboxylic acids is 3. The van der Waals surface area contributed by atoms with Crippen LogP contribution in [0.1, 0.15) is 25.3 Å². The van der Waals surface area contributed by atoms with Gasteiger partial charge in [-0.2, -0.15) is 0 Å². The highest BCUT2D eigenvalue weighted by Gasteiger charge is 2.27. The molecule has 0 aliphatic heterocycles. The molecule has 0 aromatic heterocycles. The molecule has 0 heterocycles. The molecule has 0 aliphatic carbocycles. The summed E-state index contributed by atoms with van der Waals surface area (Å²) in [7, 11) is 0. The van der Waals surface area contributed by atoms with Crippen LogP contribution < -0.4 is 33.2 Å². The van der Waals surface area contributed by atoms with Crippen molar-refractivity contribution in [3.8, 4) is 5.75 Å². The first-order valence-corrected chi connectivity index (χ1v) is 10.2. The standard InChI is InChI=1S/C20H31N7O6/c1-11(21)17(30)25-10-16(29)26-15(9-12-4-6-13(28)7-5-12)18(31)27-14(19(32)33)3-2-8-24-20(22)23/h4-7,11,14-15,28H,2-3,8-10,21H2,1H3,(H,25,30)(H,26,29)(H,27,31)(H,32,33)(H4,22,23,24). The number of nitrogens with zero attached hydrogens (tertiary/aromatic N) is 1. The molecular formula is C20H31N7O6. The normalized spacial score (nSPS) is 13.2. The van der Waals surface area contributed by atoms with Gasteiger partial charge in [0.25, 0.3) is 0 Å². The Kier molecular flexibility index (Phi) is 11.1. The van der Waals surface area contributed by atoms with Crippen molar-refractivity contribution < 1.29 is 29.4 Å². The number of aliphatic imine (C=N–C) groups is 1. The third kappa shape index (κ3) is 10.8. The summed E-state index contributed by atoms with van der Waals surface area (Å²) in [6.45, 7) is 1.23. The Hall–Kier alpha value is -3.87. The number of carboxylic acid groups (broad SMARTS) is 1. The van der Waals surface area contributed by atoms with E-state index in [1.165, 1.54) is 19.1 Å². The van der Waals surface area contributed by atoms with Crippen molar-refractivity contribution in [2.75, 3.05) is 13.1 Å². The van der Waals surface area contributed by atoms with Gasteiger partial charge >= 0.3 is 5.97 Å². The van der Waals surface area contributed by atoms with Crippen molar-refractivity contribution in [2.24, 2.45) is 22.2 Å². The zero-order valence-corrected chi connectivity index (χ0v) is 18.3. The lowest BCUT2D eigenvalue weighted by Crippen LogP contribution is -2.54. The highest BCUT2D eigenvalue weighted by molar-refractivity contribution is 5.92. The molecule has 3 atom stereocenters. The Bertz CT molecular complexity index is 853. The molecule has 13 nitrogen and oxygen atoms in total. The molecule has 3 amide bonds. The van der Waals surface area contributed by atoms with E-state index in [1.807, 2.05) is 0 Å². The minimum Gasteiger partial charge on any atom is -0.508 e. The Balaban J connectivity index is 2.88. The summed E-state index contributed by atoms with van der Waals surface area (Å²) >= 11 is 0. The number of nitrogens with one attached hydrogen (secondary N) is 3. The highest BCUT2D eigenvalue weighted by atomic mass is 16.4. The maximum atomic E-state index is 12.8. The first kappa shape index (κ1) is 27.2. The molecule has 33 heavy (non-hydrogen) atoms. The van der Waals surface area contributed by atoms with Gasteiger partial charge in [0.2, 0.25) is 17.7 Å². The van der Waals surface area contributed by atoms with Crippen molar-refractivity contribution in [2.45, 2.75) is 44.3 Å².